The molecule has 1 aliphatic carbocycles. The van der Waals surface area contributed by atoms with Gasteiger partial charge in [0.25, 0.3) is 0 Å². The van der Waals surface area contributed by atoms with Gasteiger partial charge in [-0.1, -0.05) is 6.92 Å². The zero-order valence-electron chi connectivity index (χ0n) is 8.82. The van der Waals surface area contributed by atoms with Crippen LogP contribution in [0.2, 0.25) is 0 Å². The molecule has 0 aromatic rings. The largest absolute Gasteiger partial charge is 0.390 e. The van der Waals surface area contributed by atoms with E-state index in [9.17, 15) is 10.2 Å². The molecule has 0 heterocycles. The van der Waals surface area contributed by atoms with Crippen LogP contribution in [0.5, 0.6) is 0 Å². The standard InChI is InChI=1S/C10H20O3/c1-6-5-7(9(12)8(6)11)10(2,3)13-4/h6-9,11-12H,5H2,1-4H3/t6-,7+,8+,9-/m1/s1. The van der Waals surface area contributed by atoms with Crippen LogP contribution in [0.4, 0.5) is 0 Å². The smallest absolute Gasteiger partial charge is 0.0857 e. The molecule has 0 aromatic heterocycles. The third-order valence-corrected chi connectivity index (χ3v) is 3.39. The van der Waals surface area contributed by atoms with Crippen LogP contribution in [0.1, 0.15) is 27.2 Å². The summed E-state index contributed by atoms with van der Waals surface area (Å²) in [6.07, 6.45) is -0.423. The Morgan fingerprint density at radius 1 is 1.23 bits per heavy atom. The lowest BCUT2D eigenvalue weighted by molar-refractivity contribution is -0.0826. The summed E-state index contributed by atoms with van der Waals surface area (Å²) in [5.41, 5.74) is -0.356. The molecular formula is C10H20O3. The highest BCUT2D eigenvalue weighted by atomic mass is 16.5. The quantitative estimate of drug-likeness (QED) is 0.673. The van der Waals surface area contributed by atoms with Crippen LogP contribution in [0.3, 0.4) is 0 Å². The summed E-state index contributed by atoms with van der Waals surface area (Å²) in [5, 5.41) is 19.4. The van der Waals surface area contributed by atoms with Crippen LogP contribution in [-0.2, 0) is 4.74 Å². The van der Waals surface area contributed by atoms with E-state index in [-0.39, 0.29) is 17.4 Å². The highest BCUT2D eigenvalue weighted by molar-refractivity contribution is 4.96. The lowest BCUT2D eigenvalue weighted by atomic mass is 9.87. The predicted molar refractivity (Wildman–Crippen MR) is 50.4 cm³/mol. The molecule has 0 aliphatic heterocycles. The van der Waals surface area contributed by atoms with Crippen molar-refractivity contribution in [2.75, 3.05) is 7.11 Å². The molecule has 1 aliphatic rings. The van der Waals surface area contributed by atoms with E-state index in [0.717, 1.165) is 6.42 Å². The Bertz CT molecular complexity index is 179. The normalized spacial score (nSPS) is 41.1. The molecule has 3 heteroatoms. The topological polar surface area (TPSA) is 49.7 Å². The molecule has 3 nitrogen and oxygen atoms in total. The van der Waals surface area contributed by atoms with Crippen molar-refractivity contribution in [3.05, 3.63) is 0 Å². The molecule has 0 amide bonds. The van der Waals surface area contributed by atoms with Crippen LogP contribution in [0.15, 0.2) is 0 Å². The van der Waals surface area contributed by atoms with Crippen LogP contribution in [0.25, 0.3) is 0 Å². The van der Waals surface area contributed by atoms with Gasteiger partial charge in [0.05, 0.1) is 17.8 Å². The molecule has 13 heavy (non-hydrogen) atoms. The second-order valence-electron chi connectivity index (χ2n) is 4.61. The summed E-state index contributed by atoms with van der Waals surface area (Å²) in [5.74, 6) is 0.192. The van der Waals surface area contributed by atoms with Gasteiger partial charge in [0, 0.05) is 13.0 Å². The van der Waals surface area contributed by atoms with Crippen molar-refractivity contribution in [1.29, 1.82) is 0 Å². The fourth-order valence-corrected chi connectivity index (χ4v) is 2.10. The molecule has 4 atom stereocenters. The average molecular weight is 188 g/mol. The minimum Gasteiger partial charge on any atom is -0.390 e. The predicted octanol–water partition coefficient (Wildman–Crippen LogP) is 0.789. The molecule has 1 fully saturated rings. The van der Waals surface area contributed by atoms with Gasteiger partial charge < -0.3 is 14.9 Å². The molecule has 0 aromatic carbocycles. The van der Waals surface area contributed by atoms with Crippen molar-refractivity contribution in [2.45, 2.75) is 45.0 Å². The van der Waals surface area contributed by atoms with E-state index in [1.165, 1.54) is 0 Å². The third kappa shape index (κ3) is 1.87. The zero-order chi connectivity index (χ0) is 10.2. The van der Waals surface area contributed by atoms with Crippen molar-refractivity contribution in [2.24, 2.45) is 11.8 Å². The molecule has 0 unspecified atom stereocenters. The third-order valence-electron chi connectivity index (χ3n) is 3.39. The van der Waals surface area contributed by atoms with Gasteiger partial charge in [-0.25, -0.2) is 0 Å². The SMILES string of the molecule is COC(C)(C)[C@H]1C[C@@H](C)[C@H](O)[C@@H]1O. The summed E-state index contributed by atoms with van der Waals surface area (Å²) < 4.78 is 5.32. The summed E-state index contributed by atoms with van der Waals surface area (Å²) in [4.78, 5) is 0. The van der Waals surface area contributed by atoms with E-state index in [2.05, 4.69) is 0 Å². The van der Waals surface area contributed by atoms with Crippen molar-refractivity contribution in [3.8, 4) is 0 Å². The number of methoxy groups -OCH3 is 1. The van der Waals surface area contributed by atoms with Crippen molar-refractivity contribution in [1.82, 2.24) is 0 Å². The number of aliphatic hydroxyl groups is 2. The van der Waals surface area contributed by atoms with E-state index < -0.39 is 12.2 Å². The van der Waals surface area contributed by atoms with E-state index in [1.54, 1.807) is 7.11 Å². The van der Waals surface area contributed by atoms with E-state index >= 15 is 0 Å². The minimum absolute atomic E-state index is 0.0301. The summed E-state index contributed by atoms with van der Waals surface area (Å²) in [7, 11) is 1.64. The summed E-state index contributed by atoms with van der Waals surface area (Å²) in [6, 6.07) is 0. The van der Waals surface area contributed by atoms with Crippen molar-refractivity contribution in [3.63, 3.8) is 0 Å². The fraction of sp³-hybridized carbons (Fsp3) is 1.00. The molecule has 1 rings (SSSR count). The number of hydrogen-bond acceptors (Lipinski definition) is 3. The Hall–Kier alpha value is -0.120. The second kappa shape index (κ2) is 3.56. The monoisotopic (exact) mass is 188 g/mol. The number of ether oxygens (including phenoxy) is 1. The van der Waals surface area contributed by atoms with Gasteiger partial charge in [-0.3, -0.25) is 0 Å². The van der Waals surface area contributed by atoms with Gasteiger partial charge in [0.1, 0.15) is 0 Å². The van der Waals surface area contributed by atoms with Crippen LogP contribution < -0.4 is 0 Å². The van der Waals surface area contributed by atoms with Crippen molar-refractivity contribution >= 4 is 0 Å². The lowest BCUT2D eigenvalue weighted by Gasteiger charge is -2.32. The first kappa shape index (κ1) is 11.0. The fourth-order valence-electron chi connectivity index (χ4n) is 2.10. The maximum absolute atomic E-state index is 9.76. The molecule has 2 N–H and O–H groups in total. The zero-order valence-corrected chi connectivity index (χ0v) is 8.82. The van der Waals surface area contributed by atoms with Gasteiger partial charge in [0.15, 0.2) is 0 Å². The van der Waals surface area contributed by atoms with E-state index in [4.69, 9.17) is 4.74 Å². The van der Waals surface area contributed by atoms with E-state index in [1.807, 2.05) is 20.8 Å². The molecule has 78 valence electrons. The Morgan fingerprint density at radius 3 is 2.08 bits per heavy atom. The Labute approximate surface area is 79.7 Å². The Balaban J connectivity index is 2.73. The second-order valence-corrected chi connectivity index (χ2v) is 4.61. The number of rotatable bonds is 2. The van der Waals surface area contributed by atoms with Crippen LogP contribution in [-0.4, -0.2) is 35.1 Å². The number of aliphatic hydroxyl groups excluding tert-OH is 2. The maximum Gasteiger partial charge on any atom is 0.0857 e. The van der Waals surface area contributed by atoms with Gasteiger partial charge in [-0.2, -0.15) is 0 Å². The first-order valence-electron chi connectivity index (χ1n) is 4.81. The first-order valence-corrected chi connectivity index (χ1v) is 4.81. The highest BCUT2D eigenvalue weighted by Gasteiger charge is 2.46. The Morgan fingerprint density at radius 2 is 1.77 bits per heavy atom. The average Bonchev–Trinajstić information content (AvgIpc) is 2.33. The van der Waals surface area contributed by atoms with E-state index in [0.29, 0.717) is 0 Å². The molecular weight excluding hydrogens is 168 g/mol. The van der Waals surface area contributed by atoms with Gasteiger partial charge in [0.2, 0.25) is 0 Å². The molecule has 0 bridgehead atoms. The highest BCUT2D eigenvalue weighted by Crippen LogP contribution is 2.39. The van der Waals surface area contributed by atoms with Gasteiger partial charge >= 0.3 is 0 Å². The maximum atomic E-state index is 9.76. The van der Waals surface area contributed by atoms with Crippen molar-refractivity contribution < 1.29 is 14.9 Å². The molecule has 0 spiro atoms. The molecule has 0 radical (unpaired) electrons. The first-order chi connectivity index (χ1) is 5.90. The minimum atomic E-state index is -0.648. The van der Waals surface area contributed by atoms with Crippen LogP contribution in [0, 0.1) is 11.8 Å². The Kier molecular flexibility index (Phi) is 3.00. The van der Waals surface area contributed by atoms with Crippen LogP contribution >= 0.6 is 0 Å². The molecule has 1 saturated carbocycles. The van der Waals surface area contributed by atoms with Gasteiger partial charge in [-0.05, 0) is 26.2 Å². The summed E-state index contributed by atoms with van der Waals surface area (Å²) in [6.45, 7) is 5.86. The molecule has 0 saturated heterocycles. The summed E-state index contributed by atoms with van der Waals surface area (Å²) >= 11 is 0. The lowest BCUT2D eigenvalue weighted by Crippen LogP contribution is -2.40. The van der Waals surface area contributed by atoms with Gasteiger partial charge in [-0.15, -0.1) is 0 Å². The number of hydrogen-bond donors (Lipinski definition) is 2.